The summed E-state index contributed by atoms with van der Waals surface area (Å²) in [5, 5.41) is 1.44. The molecule has 0 unspecified atom stereocenters. The van der Waals surface area contributed by atoms with E-state index >= 15 is 0 Å². The molecule has 0 aromatic rings. The molecule has 4 nitrogen and oxygen atoms in total. The number of hydrogen-bond acceptors (Lipinski definition) is 7. The normalized spacial score (nSPS) is 12.3. The lowest BCUT2D eigenvalue weighted by atomic mass is 10.6. The summed E-state index contributed by atoms with van der Waals surface area (Å²) in [6.45, 7) is 0. The monoisotopic (exact) mass is 266 g/mol. The summed E-state index contributed by atoms with van der Waals surface area (Å²) in [5.74, 6) is -1.07. The Balaban J connectivity index is 4.35. The summed E-state index contributed by atoms with van der Waals surface area (Å²) in [6.07, 6.45) is 1.21. The van der Waals surface area contributed by atoms with Gasteiger partial charge in [-0.15, -0.1) is 25.3 Å². The van der Waals surface area contributed by atoms with E-state index in [1.165, 1.54) is 25.7 Å². The van der Waals surface area contributed by atoms with Crippen molar-refractivity contribution in [2.75, 3.05) is 14.2 Å². The molecule has 0 aliphatic heterocycles. The molecular formula is C8H10O4S3. The number of carbonyl (C=O) groups is 2. The number of ether oxygens (including phenoxy) is 2. The highest BCUT2D eigenvalue weighted by atomic mass is 32.2. The van der Waals surface area contributed by atoms with Crippen LogP contribution in [0.25, 0.3) is 0 Å². The van der Waals surface area contributed by atoms with Gasteiger partial charge in [0.2, 0.25) is 0 Å². The summed E-state index contributed by atoms with van der Waals surface area (Å²) in [6, 6.07) is 0. The zero-order chi connectivity index (χ0) is 11.8. The first-order valence-electron chi connectivity index (χ1n) is 3.64. The molecule has 0 bridgehead atoms. The van der Waals surface area contributed by atoms with Crippen LogP contribution in [-0.2, 0) is 19.1 Å². The van der Waals surface area contributed by atoms with Crippen LogP contribution in [0, 0.1) is 0 Å². The standard InChI is InChI=1S/C8H10O4S3/c1-11-5(9)3-4-15-8(14)6(13)7(10)12-2/h3-4,13-14H,1-2H3/b4-3-,8-6+. The molecule has 0 amide bonds. The van der Waals surface area contributed by atoms with Gasteiger partial charge in [-0.1, -0.05) is 11.8 Å². The van der Waals surface area contributed by atoms with Crippen LogP contribution >= 0.6 is 37.0 Å². The van der Waals surface area contributed by atoms with Crippen molar-refractivity contribution in [1.82, 2.24) is 0 Å². The average molecular weight is 266 g/mol. The predicted octanol–water partition coefficient (Wildman–Crippen LogP) is 1.61. The first-order chi connectivity index (χ1) is 7.02. The minimum Gasteiger partial charge on any atom is -0.466 e. The second kappa shape index (κ2) is 7.72. The zero-order valence-electron chi connectivity index (χ0n) is 8.09. The van der Waals surface area contributed by atoms with Crippen molar-refractivity contribution in [3.05, 3.63) is 20.6 Å². The van der Waals surface area contributed by atoms with Gasteiger partial charge in [0.05, 0.1) is 18.5 Å². The van der Waals surface area contributed by atoms with Gasteiger partial charge in [-0.25, -0.2) is 9.59 Å². The molecule has 0 rings (SSSR count). The zero-order valence-corrected chi connectivity index (χ0v) is 10.7. The van der Waals surface area contributed by atoms with Gasteiger partial charge >= 0.3 is 11.9 Å². The molecule has 0 aromatic heterocycles. The lowest BCUT2D eigenvalue weighted by Crippen LogP contribution is -2.00. The molecule has 0 N–H and O–H groups in total. The summed E-state index contributed by atoms with van der Waals surface area (Å²) < 4.78 is 9.14. The Bertz CT molecular complexity index is 309. The number of methoxy groups -OCH3 is 2. The Morgan fingerprint density at radius 2 is 1.80 bits per heavy atom. The van der Waals surface area contributed by atoms with Gasteiger partial charge in [-0.3, -0.25) is 0 Å². The molecule has 0 heterocycles. The third kappa shape index (κ3) is 5.81. The van der Waals surface area contributed by atoms with Crippen LogP contribution in [0.1, 0.15) is 0 Å². The maximum atomic E-state index is 11.0. The third-order valence-electron chi connectivity index (χ3n) is 1.17. The van der Waals surface area contributed by atoms with Gasteiger partial charge in [0.25, 0.3) is 0 Å². The Morgan fingerprint density at radius 1 is 1.20 bits per heavy atom. The maximum Gasteiger partial charge on any atom is 0.345 e. The average Bonchev–Trinajstić information content (AvgIpc) is 2.26. The number of thioether (sulfide) groups is 1. The van der Waals surface area contributed by atoms with Crippen molar-refractivity contribution >= 4 is 49.0 Å². The number of rotatable bonds is 4. The molecule has 0 spiro atoms. The third-order valence-corrected chi connectivity index (χ3v) is 3.14. The van der Waals surface area contributed by atoms with Crippen LogP contribution in [0.3, 0.4) is 0 Å². The maximum absolute atomic E-state index is 11.0. The van der Waals surface area contributed by atoms with Crippen LogP contribution in [0.5, 0.6) is 0 Å². The SMILES string of the molecule is COC(=O)/C=C\S/C(S)=C(/S)C(=O)OC. The largest absolute Gasteiger partial charge is 0.466 e. The van der Waals surface area contributed by atoms with E-state index < -0.39 is 11.9 Å². The highest BCUT2D eigenvalue weighted by Gasteiger charge is 2.08. The molecule has 0 saturated carbocycles. The molecule has 0 aliphatic carbocycles. The minimum absolute atomic E-state index is 0.0837. The van der Waals surface area contributed by atoms with E-state index in [2.05, 4.69) is 34.7 Å². The molecule has 84 valence electrons. The molecule has 0 fully saturated rings. The van der Waals surface area contributed by atoms with E-state index in [4.69, 9.17) is 0 Å². The van der Waals surface area contributed by atoms with E-state index in [0.29, 0.717) is 4.24 Å². The van der Waals surface area contributed by atoms with Crippen molar-refractivity contribution in [2.24, 2.45) is 0 Å². The Kier molecular flexibility index (Phi) is 7.45. The van der Waals surface area contributed by atoms with Crippen LogP contribution in [-0.4, -0.2) is 26.2 Å². The van der Waals surface area contributed by atoms with E-state index in [-0.39, 0.29) is 4.91 Å². The van der Waals surface area contributed by atoms with Gasteiger partial charge in [0.15, 0.2) is 0 Å². The van der Waals surface area contributed by atoms with Crippen molar-refractivity contribution in [3.63, 3.8) is 0 Å². The predicted molar refractivity (Wildman–Crippen MR) is 65.8 cm³/mol. The summed E-state index contributed by atoms with van der Waals surface area (Å²) in [7, 11) is 2.52. The summed E-state index contributed by atoms with van der Waals surface area (Å²) in [4.78, 5) is 21.7. The van der Waals surface area contributed by atoms with Crippen molar-refractivity contribution in [1.29, 1.82) is 0 Å². The molecule has 7 heteroatoms. The number of hydrogen-bond donors (Lipinski definition) is 2. The second-order valence-electron chi connectivity index (χ2n) is 2.09. The highest BCUT2D eigenvalue weighted by Crippen LogP contribution is 2.27. The second-order valence-corrected chi connectivity index (χ2v) is 4.20. The highest BCUT2D eigenvalue weighted by molar-refractivity contribution is 8.18. The quantitative estimate of drug-likeness (QED) is 0.460. The van der Waals surface area contributed by atoms with E-state index in [1.54, 1.807) is 0 Å². The Morgan fingerprint density at radius 3 is 2.27 bits per heavy atom. The van der Waals surface area contributed by atoms with Crippen molar-refractivity contribution in [3.8, 4) is 0 Å². The topological polar surface area (TPSA) is 52.6 Å². The van der Waals surface area contributed by atoms with Crippen molar-refractivity contribution in [2.45, 2.75) is 0 Å². The lowest BCUT2D eigenvalue weighted by Gasteiger charge is -2.00. The fourth-order valence-electron chi connectivity index (χ4n) is 0.462. The Hall–Kier alpha value is -0.530. The van der Waals surface area contributed by atoms with E-state index in [1.807, 2.05) is 0 Å². The Labute approximate surface area is 103 Å². The fourth-order valence-corrected chi connectivity index (χ4v) is 1.49. The smallest absolute Gasteiger partial charge is 0.345 e. The molecule has 0 aliphatic rings. The molecule has 0 radical (unpaired) electrons. The van der Waals surface area contributed by atoms with Gasteiger partial charge in [-0.2, -0.15) is 0 Å². The summed E-state index contributed by atoms with van der Waals surface area (Å²) >= 11 is 8.97. The van der Waals surface area contributed by atoms with Crippen LogP contribution in [0.15, 0.2) is 20.6 Å². The van der Waals surface area contributed by atoms with Crippen molar-refractivity contribution < 1.29 is 19.1 Å². The first-order valence-corrected chi connectivity index (χ1v) is 5.42. The molecule has 0 saturated heterocycles. The number of esters is 2. The van der Waals surface area contributed by atoms with Crippen LogP contribution in [0.4, 0.5) is 0 Å². The fraction of sp³-hybridized carbons (Fsp3) is 0.250. The lowest BCUT2D eigenvalue weighted by molar-refractivity contribution is -0.135. The molecule has 15 heavy (non-hydrogen) atoms. The minimum atomic E-state index is -0.581. The van der Waals surface area contributed by atoms with E-state index in [0.717, 1.165) is 11.8 Å². The molecular weight excluding hydrogens is 256 g/mol. The van der Waals surface area contributed by atoms with Crippen LogP contribution in [0.2, 0.25) is 0 Å². The molecule has 0 aromatic carbocycles. The number of thiol groups is 2. The van der Waals surface area contributed by atoms with E-state index in [9.17, 15) is 9.59 Å². The first kappa shape index (κ1) is 14.5. The van der Waals surface area contributed by atoms with Gasteiger partial charge in [0, 0.05) is 6.08 Å². The number of carbonyl (C=O) groups excluding carboxylic acids is 2. The molecule has 0 atom stereocenters. The van der Waals surface area contributed by atoms with Gasteiger partial charge in [-0.05, 0) is 5.41 Å². The van der Waals surface area contributed by atoms with Crippen LogP contribution < -0.4 is 0 Å². The van der Waals surface area contributed by atoms with Gasteiger partial charge in [0.1, 0.15) is 4.91 Å². The summed E-state index contributed by atoms with van der Waals surface area (Å²) in [5.41, 5.74) is 0. The van der Waals surface area contributed by atoms with Gasteiger partial charge < -0.3 is 9.47 Å².